The van der Waals surface area contributed by atoms with Crippen molar-refractivity contribution in [3.8, 4) is 0 Å². The Kier molecular flexibility index (Phi) is 3.64. The maximum atomic E-state index is 12.4. The highest BCUT2D eigenvalue weighted by molar-refractivity contribution is 7.21. The zero-order valence-electron chi connectivity index (χ0n) is 11.6. The lowest BCUT2D eigenvalue weighted by molar-refractivity contribution is 0.103. The minimum atomic E-state index is -0.355. The molecule has 0 radical (unpaired) electrons. The maximum Gasteiger partial charge on any atom is 0.267 e. The lowest BCUT2D eigenvalue weighted by atomic mass is 10.1. The number of halogens is 1. The first kappa shape index (κ1) is 14.6. The van der Waals surface area contributed by atoms with E-state index in [4.69, 9.17) is 17.3 Å². The predicted molar refractivity (Wildman–Crippen MR) is 91.0 cm³/mol. The number of nitrogen functional groups attached to an aromatic ring is 1. The van der Waals surface area contributed by atoms with Gasteiger partial charge in [-0.2, -0.15) is 0 Å². The minimum Gasteiger partial charge on any atom is -0.397 e. The van der Waals surface area contributed by atoms with Gasteiger partial charge in [-0.05, 0) is 24.6 Å². The summed E-state index contributed by atoms with van der Waals surface area (Å²) < 4.78 is 0. The number of anilines is 2. The molecule has 112 valence electrons. The number of hydrogen-bond donors (Lipinski definition) is 3. The summed E-state index contributed by atoms with van der Waals surface area (Å²) in [6.45, 7) is 1.79. The van der Waals surface area contributed by atoms with Crippen LogP contribution in [0.1, 0.15) is 15.2 Å². The van der Waals surface area contributed by atoms with E-state index < -0.39 is 0 Å². The summed E-state index contributed by atoms with van der Waals surface area (Å²) in [7, 11) is 0. The van der Waals surface area contributed by atoms with Gasteiger partial charge < -0.3 is 16.0 Å². The van der Waals surface area contributed by atoms with Crippen LogP contribution in [-0.2, 0) is 0 Å². The fourth-order valence-electron chi connectivity index (χ4n) is 2.25. The molecule has 0 fully saturated rings. The smallest absolute Gasteiger partial charge is 0.267 e. The number of H-pyrrole nitrogens is 1. The van der Waals surface area contributed by atoms with Crippen LogP contribution in [0.3, 0.4) is 0 Å². The van der Waals surface area contributed by atoms with Gasteiger partial charge >= 0.3 is 0 Å². The second-order valence-electron chi connectivity index (χ2n) is 4.80. The molecule has 3 aromatic rings. The van der Waals surface area contributed by atoms with Crippen molar-refractivity contribution in [2.24, 2.45) is 0 Å². The molecule has 0 aliphatic rings. The van der Waals surface area contributed by atoms with Crippen LogP contribution < -0.4 is 16.6 Å². The summed E-state index contributed by atoms with van der Waals surface area (Å²) in [4.78, 5) is 27.6. The predicted octanol–water partition coefficient (Wildman–Crippen LogP) is 3.39. The number of para-hydroxylation sites is 1. The first-order valence-electron chi connectivity index (χ1n) is 6.45. The van der Waals surface area contributed by atoms with E-state index in [-0.39, 0.29) is 11.5 Å². The maximum absolute atomic E-state index is 12.4. The van der Waals surface area contributed by atoms with Crippen molar-refractivity contribution in [3.63, 3.8) is 0 Å². The van der Waals surface area contributed by atoms with E-state index in [1.165, 1.54) is 6.07 Å². The average Bonchev–Trinajstić information content (AvgIpc) is 2.78. The number of nitrogens with one attached hydrogen (secondary N) is 2. The van der Waals surface area contributed by atoms with Gasteiger partial charge in [0.1, 0.15) is 9.71 Å². The third kappa shape index (κ3) is 2.47. The van der Waals surface area contributed by atoms with E-state index in [1.54, 1.807) is 31.2 Å². The topological polar surface area (TPSA) is 88.0 Å². The van der Waals surface area contributed by atoms with Crippen LogP contribution in [0.15, 0.2) is 35.1 Å². The number of pyridine rings is 1. The van der Waals surface area contributed by atoms with Crippen LogP contribution >= 0.6 is 22.9 Å². The van der Waals surface area contributed by atoms with Gasteiger partial charge in [0.25, 0.3) is 5.91 Å². The first-order chi connectivity index (χ1) is 10.5. The fourth-order valence-corrected chi connectivity index (χ4v) is 3.52. The third-order valence-corrected chi connectivity index (χ3v) is 4.70. The number of fused-ring (bicyclic) bond motifs is 1. The van der Waals surface area contributed by atoms with Crippen LogP contribution in [-0.4, -0.2) is 10.9 Å². The van der Waals surface area contributed by atoms with Crippen LogP contribution in [0, 0.1) is 6.92 Å². The van der Waals surface area contributed by atoms with Crippen molar-refractivity contribution < 1.29 is 4.79 Å². The second kappa shape index (κ2) is 5.47. The molecule has 0 aliphatic heterocycles. The summed E-state index contributed by atoms with van der Waals surface area (Å²) >= 11 is 7.18. The number of rotatable bonds is 2. The molecule has 0 saturated carbocycles. The number of aromatic nitrogens is 1. The molecule has 0 unspecified atom stereocenters. The molecule has 2 aromatic heterocycles. The Morgan fingerprint density at radius 3 is 2.82 bits per heavy atom. The number of carbonyl (C=O) groups excluding carboxylic acids is 1. The molecule has 1 aromatic carbocycles. The average molecular weight is 334 g/mol. The van der Waals surface area contributed by atoms with E-state index in [1.807, 2.05) is 0 Å². The van der Waals surface area contributed by atoms with Gasteiger partial charge in [0.05, 0.1) is 16.4 Å². The Balaban J connectivity index is 2.05. The van der Waals surface area contributed by atoms with E-state index in [0.29, 0.717) is 31.5 Å². The van der Waals surface area contributed by atoms with Gasteiger partial charge in [0, 0.05) is 11.5 Å². The molecular formula is C15H12ClN3O2S. The molecule has 0 spiro atoms. The number of hydrogen-bond acceptors (Lipinski definition) is 4. The number of nitrogens with two attached hydrogens (primary N) is 1. The van der Waals surface area contributed by atoms with Gasteiger partial charge in [0.2, 0.25) is 5.56 Å². The lowest BCUT2D eigenvalue weighted by Crippen LogP contribution is -2.12. The Morgan fingerprint density at radius 1 is 1.36 bits per heavy atom. The number of aromatic amines is 1. The summed E-state index contributed by atoms with van der Waals surface area (Å²) in [6.07, 6.45) is 0. The van der Waals surface area contributed by atoms with E-state index in [9.17, 15) is 9.59 Å². The van der Waals surface area contributed by atoms with E-state index >= 15 is 0 Å². The largest absolute Gasteiger partial charge is 0.397 e. The Bertz CT molecular complexity index is 946. The lowest BCUT2D eigenvalue weighted by Gasteiger charge is -2.06. The van der Waals surface area contributed by atoms with Gasteiger partial charge in [-0.3, -0.25) is 9.59 Å². The fraction of sp³-hybridized carbons (Fsp3) is 0.0667. The molecule has 2 heterocycles. The van der Waals surface area contributed by atoms with E-state index in [2.05, 4.69) is 10.3 Å². The molecular weight excluding hydrogens is 322 g/mol. The van der Waals surface area contributed by atoms with Crippen molar-refractivity contribution in [3.05, 3.63) is 56.1 Å². The summed E-state index contributed by atoms with van der Waals surface area (Å²) in [5.41, 5.74) is 7.47. The van der Waals surface area contributed by atoms with Gasteiger partial charge in [-0.25, -0.2) is 0 Å². The van der Waals surface area contributed by atoms with Crippen LogP contribution in [0.2, 0.25) is 5.02 Å². The Labute approximate surface area is 134 Å². The highest BCUT2D eigenvalue weighted by Gasteiger charge is 2.19. The summed E-state index contributed by atoms with van der Waals surface area (Å²) in [5, 5.41) is 3.88. The Morgan fingerprint density at radius 2 is 2.09 bits per heavy atom. The number of carbonyl (C=O) groups is 1. The molecule has 22 heavy (non-hydrogen) atoms. The molecule has 1 amide bonds. The molecule has 0 bridgehead atoms. The standard InChI is InChI=1S/C15H12ClN3O2S/c1-7-6-10(20)19-15-11(7)12(17)13(22-15)14(21)18-9-5-3-2-4-8(9)16/h2-6H,17H2,1H3,(H,18,21)(H,19,20). The molecule has 0 aliphatic carbocycles. The molecule has 7 heteroatoms. The summed E-state index contributed by atoms with van der Waals surface area (Å²) in [6, 6.07) is 8.41. The summed E-state index contributed by atoms with van der Waals surface area (Å²) in [5.74, 6) is -0.355. The second-order valence-corrected chi connectivity index (χ2v) is 6.23. The normalized spacial score (nSPS) is 10.8. The SMILES string of the molecule is Cc1cc(=O)[nH]c2sc(C(=O)Nc3ccccc3Cl)c(N)c12. The highest BCUT2D eigenvalue weighted by Crippen LogP contribution is 2.34. The van der Waals surface area contributed by atoms with Crippen LogP contribution in [0.25, 0.3) is 10.2 Å². The van der Waals surface area contributed by atoms with Gasteiger partial charge in [-0.1, -0.05) is 23.7 Å². The zero-order chi connectivity index (χ0) is 15.9. The van der Waals surface area contributed by atoms with Gasteiger partial charge in [0.15, 0.2) is 0 Å². The van der Waals surface area contributed by atoms with Crippen LogP contribution in [0.4, 0.5) is 11.4 Å². The van der Waals surface area contributed by atoms with Crippen molar-refractivity contribution in [2.75, 3.05) is 11.1 Å². The molecule has 3 rings (SSSR count). The molecule has 5 nitrogen and oxygen atoms in total. The first-order valence-corrected chi connectivity index (χ1v) is 7.64. The Hall–Kier alpha value is -2.31. The molecule has 0 saturated heterocycles. The monoisotopic (exact) mass is 333 g/mol. The minimum absolute atomic E-state index is 0.218. The number of aryl methyl sites for hydroxylation is 1. The van der Waals surface area contributed by atoms with Crippen molar-refractivity contribution in [2.45, 2.75) is 6.92 Å². The highest BCUT2D eigenvalue weighted by atomic mass is 35.5. The van der Waals surface area contributed by atoms with Crippen molar-refractivity contribution >= 4 is 50.4 Å². The van der Waals surface area contributed by atoms with Crippen LogP contribution in [0.5, 0.6) is 0 Å². The molecule has 4 N–H and O–H groups in total. The van der Waals surface area contributed by atoms with Gasteiger partial charge in [-0.15, -0.1) is 11.3 Å². The van der Waals surface area contributed by atoms with Crippen molar-refractivity contribution in [1.82, 2.24) is 4.98 Å². The zero-order valence-corrected chi connectivity index (χ0v) is 13.1. The molecule has 0 atom stereocenters. The third-order valence-electron chi connectivity index (χ3n) is 3.25. The van der Waals surface area contributed by atoms with E-state index in [0.717, 1.165) is 16.9 Å². The number of thiophene rings is 1. The number of amides is 1. The number of benzene rings is 1. The van der Waals surface area contributed by atoms with Crippen molar-refractivity contribution in [1.29, 1.82) is 0 Å². The quantitative estimate of drug-likeness (QED) is 0.671.